The van der Waals surface area contributed by atoms with E-state index >= 15 is 0 Å². The fraction of sp³-hybridized carbons (Fsp3) is 0.929. The number of aliphatic hydroxyl groups excluding tert-OH is 1. The maximum absolute atomic E-state index is 11.9. The van der Waals surface area contributed by atoms with Gasteiger partial charge in [0.05, 0.1) is 6.10 Å². The molecule has 1 aliphatic carbocycles. The molecule has 0 saturated heterocycles. The van der Waals surface area contributed by atoms with Gasteiger partial charge >= 0.3 is 0 Å². The molecule has 1 unspecified atom stereocenters. The Balaban J connectivity index is 2.33. The van der Waals surface area contributed by atoms with Crippen LogP contribution in [-0.2, 0) is 4.79 Å². The number of carbonyl (C=O) groups excluding carboxylic acids is 1. The number of nitrogens with one attached hydrogen (secondary N) is 1. The normalized spacial score (nSPS) is 20.4. The van der Waals surface area contributed by atoms with E-state index in [1.165, 1.54) is 19.3 Å². The van der Waals surface area contributed by atoms with Crippen molar-refractivity contribution < 1.29 is 9.90 Å². The fourth-order valence-corrected chi connectivity index (χ4v) is 2.82. The van der Waals surface area contributed by atoms with Gasteiger partial charge in [-0.3, -0.25) is 4.79 Å². The van der Waals surface area contributed by atoms with Crippen molar-refractivity contribution in [2.75, 3.05) is 13.1 Å². The van der Waals surface area contributed by atoms with Crippen LogP contribution in [0.4, 0.5) is 0 Å². The molecule has 1 fully saturated rings. The molecule has 0 aromatic heterocycles. The molecule has 0 radical (unpaired) electrons. The zero-order valence-corrected chi connectivity index (χ0v) is 11.6. The minimum absolute atomic E-state index is 0.0119. The lowest BCUT2D eigenvalue weighted by Crippen LogP contribution is -2.40. The summed E-state index contributed by atoms with van der Waals surface area (Å²) in [6.07, 6.45) is 7.53. The van der Waals surface area contributed by atoms with Gasteiger partial charge in [0.1, 0.15) is 0 Å². The van der Waals surface area contributed by atoms with Crippen LogP contribution in [0.3, 0.4) is 0 Å². The number of nitrogens with two attached hydrogens (primary N) is 1. The lowest BCUT2D eigenvalue weighted by molar-refractivity contribution is -0.124. The van der Waals surface area contributed by atoms with Gasteiger partial charge in [-0.05, 0) is 31.2 Å². The Bertz CT molecular complexity index is 250. The molecule has 18 heavy (non-hydrogen) atoms. The Kier molecular flexibility index (Phi) is 6.65. The van der Waals surface area contributed by atoms with Gasteiger partial charge in [-0.2, -0.15) is 0 Å². The Morgan fingerprint density at radius 1 is 1.39 bits per heavy atom. The first-order chi connectivity index (χ1) is 8.62. The molecule has 0 heterocycles. The minimum Gasteiger partial charge on any atom is -0.391 e. The summed E-state index contributed by atoms with van der Waals surface area (Å²) in [7, 11) is 0. The van der Waals surface area contributed by atoms with Gasteiger partial charge in [-0.25, -0.2) is 0 Å². The molecule has 1 saturated carbocycles. The number of hydrogen-bond donors (Lipinski definition) is 3. The van der Waals surface area contributed by atoms with E-state index in [9.17, 15) is 9.90 Å². The number of amides is 1. The predicted octanol–water partition coefficient (Wildman–Crippen LogP) is 1.56. The Morgan fingerprint density at radius 3 is 2.61 bits per heavy atom. The summed E-state index contributed by atoms with van der Waals surface area (Å²) in [4.78, 5) is 11.9. The monoisotopic (exact) mass is 256 g/mol. The number of hydrogen-bond acceptors (Lipinski definition) is 3. The van der Waals surface area contributed by atoms with Crippen molar-refractivity contribution in [2.45, 2.75) is 64.4 Å². The molecule has 4 N–H and O–H groups in total. The number of aliphatic hydroxyl groups is 1. The van der Waals surface area contributed by atoms with Crippen LogP contribution in [0.15, 0.2) is 0 Å². The van der Waals surface area contributed by atoms with E-state index in [2.05, 4.69) is 5.32 Å². The number of rotatable bonds is 7. The van der Waals surface area contributed by atoms with Gasteiger partial charge < -0.3 is 16.2 Å². The highest BCUT2D eigenvalue weighted by molar-refractivity contribution is 5.76. The molecular weight excluding hydrogens is 228 g/mol. The highest BCUT2D eigenvalue weighted by Gasteiger charge is 2.32. The molecule has 1 aliphatic rings. The van der Waals surface area contributed by atoms with E-state index in [1.54, 1.807) is 0 Å². The topological polar surface area (TPSA) is 75.3 Å². The summed E-state index contributed by atoms with van der Waals surface area (Å²) in [6, 6.07) is 0. The summed E-state index contributed by atoms with van der Waals surface area (Å²) in [5.41, 5.74) is 5.87. The van der Waals surface area contributed by atoms with Crippen molar-refractivity contribution in [3.05, 3.63) is 0 Å². The molecule has 0 spiro atoms. The summed E-state index contributed by atoms with van der Waals surface area (Å²) in [6.45, 7) is 2.99. The SMILES string of the molecule is CCCC(O)CNC(=O)CC1(CN)CCCCC1. The Labute approximate surface area is 110 Å². The van der Waals surface area contributed by atoms with Gasteiger partial charge in [-0.1, -0.05) is 32.6 Å². The number of carbonyl (C=O) groups is 1. The van der Waals surface area contributed by atoms with E-state index in [1.807, 2.05) is 6.92 Å². The second kappa shape index (κ2) is 7.74. The maximum Gasteiger partial charge on any atom is 0.220 e. The summed E-state index contributed by atoms with van der Waals surface area (Å²) >= 11 is 0. The third-order valence-electron chi connectivity index (χ3n) is 4.04. The Morgan fingerprint density at radius 2 is 2.06 bits per heavy atom. The summed E-state index contributed by atoms with van der Waals surface area (Å²) in [5, 5.41) is 12.4. The zero-order valence-electron chi connectivity index (χ0n) is 11.6. The second-order valence-electron chi connectivity index (χ2n) is 5.69. The van der Waals surface area contributed by atoms with E-state index < -0.39 is 6.10 Å². The van der Waals surface area contributed by atoms with Crippen LogP contribution in [0, 0.1) is 5.41 Å². The summed E-state index contributed by atoms with van der Waals surface area (Å²) in [5.74, 6) is 0.0394. The molecule has 0 bridgehead atoms. The van der Waals surface area contributed by atoms with Gasteiger partial charge in [0.25, 0.3) is 0 Å². The molecular formula is C14H28N2O2. The van der Waals surface area contributed by atoms with Crippen LogP contribution in [-0.4, -0.2) is 30.2 Å². The Hall–Kier alpha value is -0.610. The predicted molar refractivity (Wildman–Crippen MR) is 73.1 cm³/mol. The van der Waals surface area contributed by atoms with Crippen LogP contribution in [0.1, 0.15) is 58.3 Å². The maximum atomic E-state index is 11.9. The lowest BCUT2D eigenvalue weighted by Gasteiger charge is -2.35. The second-order valence-corrected chi connectivity index (χ2v) is 5.69. The van der Waals surface area contributed by atoms with Crippen molar-refractivity contribution in [1.29, 1.82) is 0 Å². The van der Waals surface area contributed by atoms with E-state index in [0.717, 1.165) is 25.7 Å². The average molecular weight is 256 g/mol. The van der Waals surface area contributed by atoms with E-state index in [4.69, 9.17) is 5.73 Å². The third kappa shape index (κ3) is 4.94. The first-order valence-corrected chi connectivity index (χ1v) is 7.27. The molecule has 1 atom stereocenters. The van der Waals surface area contributed by atoms with Crippen molar-refractivity contribution in [1.82, 2.24) is 5.32 Å². The van der Waals surface area contributed by atoms with Gasteiger partial charge in [-0.15, -0.1) is 0 Å². The lowest BCUT2D eigenvalue weighted by atomic mass is 9.71. The molecule has 0 aromatic rings. The molecule has 4 heteroatoms. The van der Waals surface area contributed by atoms with Crippen LogP contribution < -0.4 is 11.1 Å². The van der Waals surface area contributed by atoms with Crippen molar-refractivity contribution in [2.24, 2.45) is 11.1 Å². The third-order valence-corrected chi connectivity index (χ3v) is 4.04. The zero-order chi connectivity index (χ0) is 13.4. The van der Waals surface area contributed by atoms with Crippen molar-refractivity contribution in [3.8, 4) is 0 Å². The molecule has 106 valence electrons. The van der Waals surface area contributed by atoms with Crippen LogP contribution in [0.25, 0.3) is 0 Å². The van der Waals surface area contributed by atoms with Crippen LogP contribution in [0.5, 0.6) is 0 Å². The first-order valence-electron chi connectivity index (χ1n) is 7.27. The largest absolute Gasteiger partial charge is 0.391 e. The molecule has 0 aliphatic heterocycles. The average Bonchev–Trinajstić information content (AvgIpc) is 2.38. The minimum atomic E-state index is -0.417. The van der Waals surface area contributed by atoms with Crippen molar-refractivity contribution in [3.63, 3.8) is 0 Å². The van der Waals surface area contributed by atoms with E-state index in [0.29, 0.717) is 19.5 Å². The van der Waals surface area contributed by atoms with Crippen LogP contribution in [0.2, 0.25) is 0 Å². The van der Waals surface area contributed by atoms with Gasteiger partial charge in [0.2, 0.25) is 5.91 Å². The smallest absolute Gasteiger partial charge is 0.220 e. The van der Waals surface area contributed by atoms with Gasteiger partial charge in [0.15, 0.2) is 0 Å². The molecule has 1 amide bonds. The van der Waals surface area contributed by atoms with E-state index in [-0.39, 0.29) is 11.3 Å². The molecule has 4 nitrogen and oxygen atoms in total. The fourth-order valence-electron chi connectivity index (χ4n) is 2.82. The van der Waals surface area contributed by atoms with Crippen molar-refractivity contribution >= 4 is 5.91 Å². The molecule has 0 aromatic carbocycles. The van der Waals surface area contributed by atoms with Crippen LogP contribution >= 0.6 is 0 Å². The first kappa shape index (κ1) is 15.4. The van der Waals surface area contributed by atoms with Gasteiger partial charge in [0, 0.05) is 13.0 Å². The summed E-state index contributed by atoms with van der Waals surface area (Å²) < 4.78 is 0. The molecule has 1 rings (SSSR count). The standard InChI is InChI=1S/C14H28N2O2/c1-2-6-12(17)10-16-13(18)9-14(11-15)7-4-3-5-8-14/h12,17H,2-11,15H2,1H3,(H,16,18). The highest BCUT2D eigenvalue weighted by Crippen LogP contribution is 2.38. The highest BCUT2D eigenvalue weighted by atomic mass is 16.3. The quantitative estimate of drug-likeness (QED) is 0.647.